The number of benzene rings is 3. The van der Waals surface area contributed by atoms with E-state index in [2.05, 4.69) is 31.4 Å². The van der Waals surface area contributed by atoms with E-state index in [1.807, 2.05) is 78.2 Å². The summed E-state index contributed by atoms with van der Waals surface area (Å²) in [5, 5.41) is 12.4. The molecule has 1 N–H and O–H groups in total. The highest BCUT2D eigenvalue weighted by Crippen LogP contribution is 2.30. The second-order valence-electron chi connectivity index (χ2n) is 7.37. The van der Waals surface area contributed by atoms with Crippen molar-refractivity contribution in [2.45, 2.75) is 12.1 Å². The van der Waals surface area contributed by atoms with Crippen LogP contribution in [0.15, 0.2) is 76.4 Å². The maximum atomic E-state index is 12.6. The van der Waals surface area contributed by atoms with Crippen LogP contribution in [0.25, 0.3) is 17.1 Å². The first-order valence-electron chi connectivity index (χ1n) is 10.4. The number of nitrogens with one attached hydrogen (secondary N) is 1. The van der Waals surface area contributed by atoms with Gasteiger partial charge in [0.05, 0.1) is 20.0 Å². The lowest BCUT2D eigenvalue weighted by atomic mass is 10.2. The van der Waals surface area contributed by atoms with Crippen LogP contribution in [0.2, 0.25) is 0 Å². The predicted molar refractivity (Wildman–Crippen MR) is 138 cm³/mol. The number of ether oxygens (including phenoxy) is 2. The molecule has 174 valence electrons. The Morgan fingerprint density at radius 3 is 2.24 bits per heavy atom. The van der Waals surface area contributed by atoms with Crippen LogP contribution in [0.1, 0.15) is 5.56 Å². The molecule has 1 aromatic heterocycles. The molecule has 0 unspecified atom stereocenters. The summed E-state index contributed by atoms with van der Waals surface area (Å²) in [5.74, 6) is 2.24. The third kappa shape index (κ3) is 5.43. The molecule has 0 aliphatic rings. The number of anilines is 1. The van der Waals surface area contributed by atoms with Gasteiger partial charge in [0.25, 0.3) is 0 Å². The maximum Gasteiger partial charge on any atom is 0.234 e. The molecular weight excluding hydrogens is 516 g/mol. The molecule has 0 radical (unpaired) electrons. The first-order valence-corrected chi connectivity index (χ1v) is 12.2. The van der Waals surface area contributed by atoms with E-state index in [0.29, 0.717) is 11.0 Å². The Morgan fingerprint density at radius 1 is 0.971 bits per heavy atom. The molecule has 0 spiro atoms. The SMILES string of the molecule is COc1ccc(-c2nnc(SCC(=O)Nc3ccc(Br)c(C)c3)n2-c2ccc(OC)cc2)cc1. The summed E-state index contributed by atoms with van der Waals surface area (Å²) in [6.07, 6.45) is 0. The van der Waals surface area contributed by atoms with E-state index in [9.17, 15) is 4.79 Å². The number of methoxy groups -OCH3 is 2. The fraction of sp³-hybridized carbons (Fsp3) is 0.160. The first-order chi connectivity index (χ1) is 16.5. The van der Waals surface area contributed by atoms with Crippen LogP contribution in [0.5, 0.6) is 11.5 Å². The van der Waals surface area contributed by atoms with Gasteiger partial charge in [-0.2, -0.15) is 0 Å². The number of aryl methyl sites for hydroxylation is 1. The van der Waals surface area contributed by atoms with Crippen LogP contribution >= 0.6 is 27.7 Å². The number of hydrogen-bond donors (Lipinski definition) is 1. The van der Waals surface area contributed by atoms with Gasteiger partial charge in [0, 0.05) is 21.4 Å². The van der Waals surface area contributed by atoms with E-state index >= 15 is 0 Å². The minimum atomic E-state index is -0.123. The number of thioether (sulfide) groups is 1. The average Bonchev–Trinajstić information content (AvgIpc) is 3.29. The smallest absolute Gasteiger partial charge is 0.234 e. The number of amides is 1. The third-order valence-corrected chi connectivity index (χ3v) is 6.90. The second kappa shape index (κ2) is 10.8. The number of halogens is 1. The minimum absolute atomic E-state index is 0.123. The molecule has 3 aromatic carbocycles. The second-order valence-corrected chi connectivity index (χ2v) is 9.17. The van der Waals surface area contributed by atoms with Crippen molar-refractivity contribution in [1.82, 2.24) is 14.8 Å². The van der Waals surface area contributed by atoms with Gasteiger partial charge in [0.2, 0.25) is 5.91 Å². The summed E-state index contributed by atoms with van der Waals surface area (Å²) < 4.78 is 13.5. The Kier molecular flexibility index (Phi) is 7.54. The number of hydrogen-bond acceptors (Lipinski definition) is 6. The fourth-order valence-corrected chi connectivity index (χ4v) is 4.30. The molecule has 0 fully saturated rings. The zero-order valence-electron chi connectivity index (χ0n) is 18.9. The van der Waals surface area contributed by atoms with Gasteiger partial charge in [-0.25, -0.2) is 0 Å². The highest BCUT2D eigenvalue weighted by molar-refractivity contribution is 9.10. The van der Waals surface area contributed by atoms with E-state index in [4.69, 9.17) is 9.47 Å². The van der Waals surface area contributed by atoms with E-state index in [0.717, 1.165) is 38.5 Å². The lowest BCUT2D eigenvalue weighted by Crippen LogP contribution is -2.14. The van der Waals surface area contributed by atoms with Crippen molar-refractivity contribution in [3.05, 3.63) is 76.8 Å². The largest absolute Gasteiger partial charge is 0.497 e. The number of carbonyl (C=O) groups excluding carboxylic acids is 1. The van der Waals surface area contributed by atoms with E-state index < -0.39 is 0 Å². The molecule has 0 bridgehead atoms. The lowest BCUT2D eigenvalue weighted by Gasteiger charge is -2.12. The molecule has 4 aromatic rings. The normalized spacial score (nSPS) is 10.7. The molecular formula is C25H23BrN4O3S. The van der Waals surface area contributed by atoms with E-state index in [1.54, 1.807) is 14.2 Å². The zero-order chi connectivity index (χ0) is 24.1. The Labute approximate surface area is 210 Å². The highest BCUT2D eigenvalue weighted by Gasteiger charge is 2.18. The van der Waals surface area contributed by atoms with Gasteiger partial charge < -0.3 is 14.8 Å². The van der Waals surface area contributed by atoms with Gasteiger partial charge in [-0.3, -0.25) is 9.36 Å². The summed E-state index contributed by atoms with van der Waals surface area (Å²) >= 11 is 4.80. The summed E-state index contributed by atoms with van der Waals surface area (Å²) in [6, 6.07) is 20.9. The topological polar surface area (TPSA) is 78.3 Å². The number of nitrogens with zero attached hydrogens (tertiary/aromatic N) is 3. The molecule has 7 nitrogen and oxygen atoms in total. The Hall–Kier alpha value is -3.30. The predicted octanol–water partition coefficient (Wildman–Crippen LogP) is 5.75. The quantitative estimate of drug-likeness (QED) is 0.287. The maximum absolute atomic E-state index is 12.6. The van der Waals surface area contributed by atoms with Crippen LogP contribution in [0, 0.1) is 6.92 Å². The van der Waals surface area contributed by atoms with Crippen molar-refractivity contribution in [1.29, 1.82) is 0 Å². The van der Waals surface area contributed by atoms with Crippen molar-refractivity contribution < 1.29 is 14.3 Å². The van der Waals surface area contributed by atoms with Gasteiger partial charge in [0.1, 0.15) is 11.5 Å². The number of aromatic nitrogens is 3. The van der Waals surface area contributed by atoms with Crippen molar-refractivity contribution in [2.75, 3.05) is 25.3 Å². The van der Waals surface area contributed by atoms with Crippen LogP contribution in [0.4, 0.5) is 5.69 Å². The minimum Gasteiger partial charge on any atom is -0.497 e. The van der Waals surface area contributed by atoms with Crippen molar-refractivity contribution >= 4 is 39.3 Å². The highest BCUT2D eigenvalue weighted by atomic mass is 79.9. The lowest BCUT2D eigenvalue weighted by molar-refractivity contribution is -0.113. The third-order valence-electron chi connectivity index (χ3n) is 5.09. The van der Waals surface area contributed by atoms with Crippen LogP contribution in [-0.2, 0) is 4.79 Å². The summed E-state index contributed by atoms with van der Waals surface area (Å²) in [6.45, 7) is 1.98. The van der Waals surface area contributed by atoms with Crippen LogP contribution in [0.3, 0.4) is 0 Å². The van der Waals surface area contributed by atoms with Gasteiger partial charge >= 0.3 is 0 Å². The van der Waals surface area contributed by atoms with Gasteiger partial charge in [0.15, 0.2) is 11.0 Å². The molecule has 1 amide bonds. The fourth-order valence-electron chi connectivity index (χ4n) is 3.30. The van der Waals surface area contributed by atoms with Gasteiger partial charge in [-0.15, -0.1) is 10.2 Å². The van der Waals surface area contributed by atoms with Crippen molar-refractivity contribution in [3.8, 4) is 28.6 Å². The Bertz CT molecular complexity index is 1290. The Morgan fingerprint density at radius 2 is 1.62 bits per heavy atom. The molecule has 4 rings (SSSR count). The van der Waals surface area contributed by atoms with Gasteiger partial charge in [-0.1, -0.05) is 27.7 Å². The molecule has 0 atom stereocenters. The molecule has 0 saturated heterocycles. The van der Waals surface area contributed by atoms with Crippen LogP contribution in [-0.4, -0.2) is 40.6 Å². The molecule has 9 heteroatoms. The van der Waals surface area contributed by atoms with Crippen LogP contribution < -0.4 is 14.8 Å². The standard InChI is InChI=1S/C25H23BrN4O3S/c1-16-14-18(6-13-22(16)26)27-23(31)15-34-25-29-28-24(17-4-9-20(32-2)10-5-17)30(25)19-7-11-21(33-3)12-8-19/h4-14H,15H2,1-3H3,(H,27,31). The monoisotopic (exact) mass is 538 g/mol. The van der Waals surface area contributed by atoms with E-state index in [1.165, 1.54) is 11.8 Å². The molecule has 0 aliphatic carbocycles. The Balaban J connectivity index is 1.60. The van der Waals surface area contributed by atoms with E-state index in [-0.39, 0.29) is 11.7 Å². The summed E-state index contributed by atoms with van der Waals surface area (Å²) in [7, 11) is 3.26. The molecule has 34 heavy (non-hydrogen) atoms. The average molecular weight is 539 g/mol. The molecule has 0 saturated carbocycles. The van der Waals surface area contributed by atoms with Crippen molar-refractivity contribution in [3.63, 3.8) is 0 Å². The van der Waals surface area contributed by atoms with Crippen molar-refractivity contribution in [2.24, 2.45) is 0 Å². The number of carbonyl (C=O) groups is 1. The number of rotatable bonds is 8. The summed E-state index contributed by atoms with van der Waals surface area (Å²) in [4.78, 5) is 12.6. The summed E-state index contributed by atoms with van der Waals surface area (Å²) in [5.41, 5.74) is 3.55. The molecule has 0 aliphatic heterocycles. The molecule has 1 heterocycles. The van der Waals surface area contributed by atoms with Gasteiger partial charge in [-0.05, 0) is 79.2 Å². The zero-order valence-corrected chi connectivity index (χ0v) is 21.3. The first kappa shape index (κ1) is 23.8.